The lowest BCUT2D eigenvalue weighted by Crippen LogP contribution is -2.44. The molecule has 0 amide bonds. The minimum absolute atomic E-state index is 0.164. The Morgan fingerprint density at radius 3 is 2.56 bits per heavy atom. The molecule has 1 atom stereocenters. The van der Waals surface area contributed by atoms with Crippen molar-refractivity contribution in [2.45, 2.75) is 52.0 Å². The minimum Gasteiger partial charge on any atom is -0.321 e. The first-order chi connectivity index (χ1) is 7.41. The van der Waals surface area contributed by atoms with Crippen LogP contribution < -0.4 is 5.73 Å². The van der Waals surface area contributed by atoms with Crippen LogP contribution >= 0.6 is 0 Å². The monoisotopic (exact) mass is 218 g/mol. The molecule has 2 nitrogen and oxygen atoms in total. The third kappa shape index (κ3) is 2.27. The van der Waals surface area contributed by atoms with Crippen LogP contribution in [-0.4, -0.2) is 4.98 Å². The van der Waals surface area contributed by atoms with E-state index in [4.69, 9.17) is 5.73 Å². The average Bonchev–Trinajstić information content (AvgIpc) is 2.16. The molecular weight excluding hydrogens is 196 g/mol. The van der Waals surface area contributed by atoms with E-state index in [1.54, 1.807) is 0 Å². The van der Waals surface area contributed by atoms with E-state index in [1.165, 1.54) is 18.4 Å². The second kappa shape index (κ2) is 3.85. The molecule has 1 aromatic rings. The predicted octanol–water partition coefficient (Wildman–Crippen LogP) is 3.14. The zero-order valence-corrected chi connectivity index (χ0v) is 10.6. The molecule has 0 radical (unpaired) electrons. The second-order valence-electron chi connectivity index (χ2n) is 6.04. The summed E-state index contributed by atoms with van der Waals surface area (Å²) in [5.74, 6) is 0. The fourth-order valence-electron chi connectivity index (χ4n) is 2.92. The van der Waals surface area contributed by atoms with Crippen LogP contribution in [0.15, 0.2) is 18.3 Å². The number of nitrogens with two attached hydrogens (primary N) is 1. The quantitative estimate of drug-likeness (QED) is 0.786. The molecule has 1 unspecified atom stereocenters. The third-order valence-electron chi connectivity index (χ3n) is 3.76. The van der Waals surface area contributed by atoms with Crippen molar-refractivity contribution in [2.75, 3.05) is 0 Å². The summed E-state index contributed by atoms with van der Waals surface area (Å²) >= 11 is 0. The Morgan fingerprint density at radius 1 is 1.25 bits per heavy atom. The first kappa shape index (κ1) is 11.6. The number of pyridine rings is 1. The zero-order valence-electron chi connectivity index (χ0n) is 10.6. The van der Waals surface area contributed by atoms with Crippen molar-refractivity contribution in [2.24, 2.45) is 11.1 Å². The summed E-state index contributed by atoms with van der Waals surface area (Å²) in [7, 11) is 0. The van der Waals surface area contributed by atoms with E-state index in [9.17, 15) is 0 Å². The summed E-state index contributed by atoms with van der Waals surface area (Å²) in [6.45, 7) is 6.64. The first-order valence-electron chi connectivity index (χ1n) is 6.13. The van der Waals surface area contributed by atoms with Crippen LogP contribution in [0.3, 0.4) is 0 Å². The molecule has 0 saturated heterocycles. The summed E-state index contributed by atoms with van der Waals surface area (Å²) in [5.41, 5.74) is 9.02. The van der Waals surface area contributed by atoms with E-state index < -0.39 is 0 Å². The molecule has 1 heterocycles. The topological polar surface area (TPSA) is 38.9 Å². The van der Waals surface area contributed by atoms with E-state index >= 15 is 0 Å². The molecule has 0 aromatic carbocycles. The lowest BCUT2D eigenvalue weighted by atomic mass is 9.66. The van der Waals surface area contributed by atoms with Crippen LogP contribution in [0.1, 0.15) is 50.8 Å². The van der Waals surface area contributed by atoms with Crippen LogP contribution in [0.2, 0.25) is 0 Å². The molecule has 2 N–H and O–H groups in total. The highest BCUT2D eigenvalue weighted by Gasteiger charge is 2.38. The molecule has 1 saturated carbocycles. The Morgan fingerprint density at radius 2 is 2.00 bits per heavy atom. The summed E-state index contributed by atoms with van der Waals surface area (Å²) < 4.78 is 0. The summed E-state index contributed by atoms with van der Waals surface area (Å²) in [4.78, 5) is 4.37. The average molecular weight is 218 g/mol. The van der Waals surface area contributed by atoms with Gasteiger partial charge in [-0.15, -0.1) is 0 Å². The molecule has 2 rings (SSSR count). The van der Waals surface area contributed by atoms with Crippen molar-refractivity contribution >= 4 is 0 Å². The standard InChI is InChI=1S/C14H22N2/c1-11-5-6-12(9-16-11)14(15)8-4-7-13(2,3)10-14/h5-6,9H,4,7-8,10,15H2,1-3H3. The van der Waals surface area contributed by atoms with E-state index in [2.05, 4.69) is 31.0 Å². The lowest BCUT2D eigenvalue weighted by molar-refractivity contribution is 0.151. The summed E-state index contributed by atoms with van der Waals surface area (Å²) in [6, 6.07) is 4.20. The van der Waals surface area contributed by atoms with Gasteiger partial charge in [-0.1, -0.05) is 26.3 Å². The van der Waals surface area contributed by atoms with Crippen molar-refractivity contribution in [3.63, 3.8) is 0 Å². The molecule has 1 aliphatic carbocycles. The molecule has 88 valence electrons. The van der Waals surface area contributed by atoms with Gasteiger partial charge in [-0.2, -0.15) is 0 Å². The van der Waals surface area contributed by atoms with Crippen LogP contribution in [0.25, 0.3) is 0 Å². The fraction of sp³-hybridized carbons (Fsp3) is 0.643. The van der Waals surface area contributed by atoms with E-state index in [0.717, 1.165) is 18.5 Å². The number of hydrogen-bond acceptors (Lipinski definition) is 2. The molecule has 0 aliphatic heterocycles. The fourth-order valence-corrected chi connectivity index (χ4v) is 2.92. The number of aromatic nitrogens is 1. The molecule has 16 heavy (non-hydrogen) atoms. The maximum Gasteiger partial charge on any atom is 0.0430 e. The van der Waals surface area contributed by atoms with Gasteiger partial charge in [0.05, 0.1) is 0 Å². The minimum atomic E-state index is -0.164. The molecular formula is C14H22N2. The maximum absolute atomic E-state index is 6.57. The highest BCUT2D eigenvalue weighted by atomic mass is 14.8. The molecule has 1 aromatic heterocycles. The first-order valence-corrected chi connectivity index (χ1v) is 6.13. The third-order valence-corrected chi connectivity index (χ3v) is 3.76. The summed E-state index contributed by atoms with van der Waals surface area (Å²) in [5, 5.41) is 0. The van der Waals surface area contributed by atoms with Crippen LogP contribution in [-0.2, 0) is 5.54 Å². The highest BCUT2D eigenvalue weighted by Crippen LogP contribution is 2.44. The normalized spacial score (nSPS) is 29.0. The van der Waals surface area contributed by atoms with Gasteiger partial charge in [-0.25, -0.2) is 0 Å². The maximum atomic E-state index is 6.57. The summed E-state index contributed by atoms with van der Waals surface area (Å²) in [6.07, 6.45) is 6.60. The van der Waals surface area contributed by atoms with E-state index in [0.29, 0.717) is 5.41 Å². The zero-order chi connectivity index (χ0) is 11.8. The Kier molecular flexibility index (Phi) is 2.79. The van der Waals surface area contributed by atoms with Gasteiger partial charge in [0.2, 0.25) is 0 Å². The largest absolute Gasteiger partial charge is 0.321 e. The Labute approximate surface area is 98.3 Å². The number of rotatable bonds is 1. The van der Waals surface area contributed by atoms with Gasteiger partial charge >= 0.3 is 0 Å². The van der Waals surface area contributed by atoms with Crippen molar-refractivity contribution < 1.29 is 0 Å². The highest BCUT2D eigenvalue weighted by molar-refractivity contribution is 5.23. The Hall–Kier alpha value is -0.890. The van der Waals surface area contributed by atoms with Gasteiger partial charge in [0.25, 0.3) is 0 Å². The predicted molar refractivity (Wildman–Crippen MR) is 67.1 cm³/mol. The van der Waals surface area contributed by atoms with Crippen molar-refractivity contribution in [1.29, 1.82) is 0 Å². The van der Waals surface area contributed by atoms with E-state index in [1.807, 2.05) is 13.1 Å². The molecule has 2 heteroatoms. The smallest absolute Gasteiger partial charge is 0.0430 e. The Balaban J connectivity index is 2.27. The second-order valence-corrected chi connectivity index (χ2v) is 6.04. The van der Waals surface area contributed by atoms with Crippen LogP contribution in [0, 0.1) is 12.3 Å². The number of aryl methyl sites for hydroxylation is 1. The lowest BCUT2D eigenvalue weighted by Gasteiger charge is -2.42. The number of nitrogens with zero attached hydrogens (tertiary/aromatic N) is 1. The van der Waals surface area contributed by atoms with Gasteiger partial charge in [0.15, 0.2) is 0 Å². The molecule has 1 fully saturated rings. The van der Waals surface area contributed by atoms with Gasteiger partial charge in [-0.3, -0.25) is 4.98 Å². The van der Waals surface area contributed by atoms with Gasteiger partial charge in [-0.05, 0) is 43.2 Å². The van der Waals surface area contributed by atoms with E-state index in [-0.39, 0.29) is 5.54 Å². The van der Waals surface area contributed by atoms with Gasteiger partial charge in [0, 0.05) is 17.4 Å². The molecule has 0 bridgehead atoms. The van der Waals surface area contributed by atoms with Gasteiger partial charge in [0.1, 0.15) is 0 Å². The Bertz CT molecular complexity index is 367. The van der Waals surface area contributed by atoms with Crippen LogP contribution in [0.5, 0.6) is 0 Å². The van der Waals surface area contributed by atoms with Crippen LogP contribution in [0.4, 0.5) is 0 Å². The number of hydrogen-bond donors (Lipinski definition) is 1. The van der Waals surface area contributed by atoms with Crippen molar-refractivity contribution in [1.82, 2.24) is 4.98 Å². The van der Waals surface area contributed by atoms with Gasteiger partial charge < -0.3 is 5.73 Å². The van der Waals surface area contributed by atoms with Crippen molar-refractivity contribution in [3.8, 4) is 0 Å². The SMILES string of the molecule is Cc1ccc(C2(N)CCCC(C)(C)C2)cn1. The molecule has 1 aliphatic rings. The molecule has 0 spiro atoms. The van der Waals surface area contributed by atoms with Crippen molar-refractivity contribution in [3.05, 3.63) is 29.6 Å².